The van der Waals surface area contributed by atoms with Crippen LogP contribution in [0.3, 0.4) is 0 Å². The summed E-state index contributed by atoms with van der Waals surface area (Å²) in [4.78, 5) is 19.4. The molecule has 0 aliphatic heterocycles. The second kappa shape index (κ2) is 4.79. The van der Waals surface area contributed by atoms with Gasteiger partial charge in [-0.25, -0.2) is 15.0 Å². The molecule has 4 nitrogen and oxygen atoms in total. The van der Waals surface area contributed by atoms with Crippen molar-refractivity contribution in [3.8, 4) is 11.4 Å². The first-order chi connectivity index (χ1) is 11.4. The van der Waals surface area contributed by atoms with Gasteiger partial charge < -0.3 is 0 Å². The highest BCUT2D eigenvalue weighted by molar-refractivity contribution is 7.25. The van der Waals surface area contributed by atoms with E-state index in [1.807, 2.05) is 36.4 Å². The van der Waals surface area contributed by atoms with Crippen LogP contribution in [-0.4, -0.2) is 19.9 Å². The van der Waals surface area contributed by atoms with E-state index in [9.17, 15) is 0 Å². The summed E-state index contributed by atoms with van der Waals surface area (Å²) >= 11 is 1.61. The lowest BCUT2D eigenvalue weighted by atomic mass is 10.2. The molecule has 108 valence electrons. The molecule has 1 aromatic carbocycles. The van der Waals surface area contributed by atoms with Crippen LogP contribution in [0.1, 0.15) is 0 Å². The van der Waals surface area contributed by atoms with Crippen LogP contribution in [0.25, 0.3) is 42.9 Å². The first kappa shape index (κ1) is 12.6. The van der Waals surface area contributed by atoms with E-state index in [0.29, 0.717) is 0 Å². The van der Waals surface area contributed by atoms with Gasteiger partial charge in [0.05, 0.1) is 22.1 Å². The molecule has 0 atom stereocenters. The Bertz CT molecular complexity index is 1180. The Balaban J connectivity index is 1.76. The normalized spacial score (nSPS) is 11.5. The quantitative estimate of drug-likeness (QED) is 0.458. The summed E-state index contributed by atoms with van der Waals surface area (Å²) in [6, 6.07) is 16.1. The Morgan fingerprint density at radius 2 is 1.70 bits per heavy atom. The lowest BCUT2D eigenvalue weighted by Crippen LogP contribution is -1.90. The summed E-state index contributed by atoms with van der Waals surface area (Å²) in [7, 11) is 0. The first-order valence-corrected chi connectivity index (χ1v) is 8.06. The van der Waals surface area contributed by atoms with Gasteiger partial charge in [0, 0.05) is 11.6 Å². The topological polar surface area (TPSA) is 51.6 Å². The minimum Gasteiger partial charge on any atom is -0.253 e. The van der Waals surface area contributed by atoms with Gasteiger partial charge in [0.1, 0.15) is 21.6 Å². The van der Waals surface area contributed by atoms with Crippen LogP contribution in [0.15, 0.2) is 60.9 Å². The fraction of sp³-hybridized carbons (Fsp3) is 0. The summed E-state index contributed by atoms with van der Waals surface area (Å²) in [6.45, 7) is 0. The van der Waals surface area contributed by atoms with Crippen molar-refractivity contribution >= 4 is 42.8 Å². The number of pyridine rings is 2. The van der Waals surface area contributed by atoms with Gasteiger partial charge >= 0.3 is 0 Å². The molecule has 5 aromatic rings. The Hall–Kier alpha value is -2.92. The minimum atomic E-state index is 0.772. The van der Waals surface area contributed by atoms with Gasteiger partial charge in [-0.15, -0.1) is 11.3 Å². The second-order valence-corrected chi connectivity index (χ2v) is 6.28. The highest BCUT2D eigenvalue weighted by atomic mass is 32.1. The molecule has 0 amide bonds. The van der Waals surface area contributed by atoms with E-state index in [2.05, 4.69) is 22.1 Å². The molecule has 0 saturated carbocycles. The molecule has 4 heterocycles. The maximum absolute atomic E-state index is 4.76. The molecular formula is C18H10N4S. The van der Waals surface area contributed by atoms with Gasteiger partial charge in [-0.3, -0.25) is 4.98 Å². The summed E-state index contributed by atoms with van der Waals surface area (Å²) in [5.74, 6) is 0. The molecule has 0 fully saturated rings. The van der Waals surface area contributed by atoms with Crippen molar-refractivity contribution < 1.29 is 0 Å². The van der Waals surface area contributed by atoms with Crippen molar-refractivity contribution in [2.24, 2.45) is 0 Å². The third kappa shape index (κ3) is 1.98. The molecule has 0 radical (unpaired) electrons. The van der Waals surface area contributed by atoms with E-state index in [-0.39, 0.29) is 0 Å². The highest BCUT2D eigenvalue weighted by Crippen LogP contribution is 2.30. The van der Waals surface area contributed by atoms with Crippen molar-refractivity contribution in [3.05, 3.63) is 60.9 Å². The lowest BCUT2D eigenvalue weighted by Gasteiger charge is -2.02. The van der Waals surface area contributed by atoms with Crippen LogP contribution in [0, 0.1) is 0 Å². The molecule has 0 saturated heterocycles. The number of thiophene rings is 1. The first-order valence-electron chi connectivity index (χ1n) is 7.25. The molecular weight excluding hydrogens is 304 g/mol. The zero-order chi connectivity index (χ0) is 15.2. The number of aromatic nitrogens is 4. The van der Waals surface area contributed by atoms with Crippen LogP contribution >= 0.6 is 11.3 Å². The standard InChI is InChI=1S/C18H10N4S/c1-2-5-12-11(4-1)7-8-13(21-12)14-10-20-18-17(22-14)16-15(23-18)6-3-9-19-16/h1-10H. The van der Waals surface area contributed by atoms with Crippen LogP contribution in [0.5, 0.6) is 0 Å². The van der Waals surface area contributed by atoms with E-state index < -0.39 is 0 Å². The van der Waals surface area contributed by atoms with Crippen molar-refractivity contribution in [3.63, 3.8) is 0 Å². The second-order valence-electron chi connectivity index (χ2n) is 5.25. The molecule has 0 aliphatic rings. The molecule has 4 aromatic heterocycles. The summed E-state index contributed by atoms with van der Waals surface area (Å²) in [5, 5.41) is 1.12. The SMILES string of the molecule is c1ccc2nc(-c3cnc4sc5cccnc5c4n3)ccc2c1. The van der Waals surface area contributed by atoms with Crippen LogP contribution in [0.2, 0.25) is 0 Å². The molecule has 5 heteroatoms. The molecule has 0 aliphatic carbocycles. The van der Waals surface area contributed by atoms with Gasteiger partial charge in [0.25, 0.3) is 0 Å². The zero-order valence-corrected chi connectivity index (χ0v) is 12.8. The smallest absolute Gasteiger partial charge is 0.144 e. The van der Waals surface area contributed by atoms with Crippen LogP contribution in [-0.2, 0) is 0 Å². The average Bonchev–Trinajstić information content (AvgIpc) is 2.99. The van der Waals surface area contributed by atoms with Crippen molar-refractivity contribution in [2.75, 3.05) is 0 Å². The van der Waals surface area contributed by atoms with E-state index >= 15 is 0 Å². The van der Waals surface area contributed by atoms with E-state index in [0.717, 1.165) is 42.9 Å². The Morgan fingerprint density at radius 3 is 2.70 bits per heavy atom. The lowest BCUT2D eigenvalue weighted by molar-refractivity contribution is 1.27. The van der Waals surface area contributed by atoms with Crippen molar-refractivity contribution in [1.82, 2.24) is 19.9 Å². The van der Waals surface area contributed by atoms with Crippen LogP contribution < -0.4 is 0 Å². The number of hydrogen-bond donors (Lipinski definition) is 0. The maximum Gasteiger partial charge on any atom is 0.144 e. The van der Waals surface area contributed by atoms with Gasteiger partial charge in [-0.1, -0.05) is 24.3 Å². The minimum absolute atomic E-state index is 0.772. The molecule has 5 rings (SSSR count). The molecule has 0 N–H and O–H groups in total. The third-order valence-electron chi connectivity index (χ3n) is 3.80. The summed E-state index contributed by atoms with van der Waals surface area (Å²) in [6.07, 6.45) is 3.58. The number of fused-ring (bicyclic) bond motifs is 4. The average molecular weight is 314 g/mol. The van der Waals surface area contributed by atoms with Gasteiger partial charge in [0.15, 0.2) is 0 Å². The third-order valence-corrected chi connectivity index (χ3v) is 4.84. The Labute approximate surface area is 135 Å². The largest absolute Gasteiger partial charge is 0.253 e. The van der Waals surface area contributed by atoms with E-state index in [1.165, 1.54) is 0 Å². The van der Waals surface area contributed by atoms with E-state index in [1.54, 1.807) is 23.7 Å². The summed E-state index contributed by atoms with van der Waals surface area (Å²) < 4.78 is 1.10. The fourth-order valence-corrected chi connectivity index (χ4v) is 3.64. The van der Waals surface area contributed by atoms with E-state index in [4.69, 9.17) is 9.97 Å². The number of benzene rings is 1. The van der Waals surface area contributed by atoms with Crippen LogP contribution in [0.4, 0.5) is 0 Å². The molecule has 0 unspecified atom stereocenters. The number of rotatable bonds is 1. The number of para-hydroxylation sites is 1. The maximum atomic E-state index is 4.76. The number of hydrogen-bond acceptors (Lipinski definition) is 5. The monoisotopic (exact) mass is 314 g/mol. The zero-order valence-electron chi connectivity index (χ0n) is 12.0. The van der Waals surface area contributed by atoms with Crippen molar-refractivity contribution in [1.29, 1.82) is 0 Å². The van der Waals surface area contributed by atoms with Gasteiger partial charge in [-0.05, 0) is 24.3 Å². The number of nitrogens with zero attached hydrogens (tertiary/aromatic N) is 4. The Kier molecular flexibility index (Phi) is 2.63. The molecule has 0 spiro atoms. The highest BCUT2D eigenvalue weighted by Gasteiger charge is 2.11. The fourth-order valence-electron chi connectivity index (χ4n) is 2.69. The molecule has 0 bridgehead atoms. The molecule has 23 heavy (non-hydrogen) atoms. The predicted molar refractivity (Wildman–Crippen MR) is 93.5 cm³/mol. The van der Waals surface area contributed by atoms with Gasteiger partial charge in [0.2, 0.25) is 0 Å². The van der Waals surface area contributed by atoms with Crippen molar-refractivity contribution in [2.45, 2.75) is 0 Å². The van der Waals surface area contributed by atoms with Gasteiger partial charge in [-0.2, -0.15) is 0 Å². The Morgan fingerprint density at radius 1 is 0.739 bits per heavy atom. The summed E-state index contributed by atoms with van der Waals surface area (Å²) in [5.41, 5.74) is 4.31. The predicted octanol–water partition coefficient (Wildman–Crippen LogP) is 4.45.